The lowest BCUT2D eigenvalue weighted by molar-refractivity contribution is 0.201. The molecule has 1 aromatic rings. The van der Waals surface area contributed by atoms with Crippen molar-refractivity contribution < 1.29 is 9.50 Å². The van der Waals surface area contributed by atoms with E-state index in [-0.39, 0.29) is 12.4 Å². The molecule has 1 aromatic carbocycles. The minimum Gasteiger partial charge on any atom is -0.395 e. The molecule has 0 bridgehead atoms. The molecule has 82 valence electrons. The lowest BCUT2D eigenvalue weighted by Crippen LogP contribution is -2.34. The number of aliphatic hydroxyl groups excluding tert-OH is 1. The second-order valence-corrected chi connectivity index (χ2v) is 4.91. The summed E-state index contributed by atoms with van der Waals surface area (Å²) in [5.74, 6) is -0.240. The van der Waals surface area contributed by atoms with Crippen LogP contribution >= 0.6 is 15.9 Å². The van der Waals surface area contributed by atoms with Crippen molar-refractivity contribution in [2.45, 2.75) is 11.8 Å². The van der Waals surface area contributed by atoms with Crippen molar-refractivity contribution in [3.63, 3.8) is 0 Å². The summed E-state index contributed by atoms with van der Waals surface area (Å²) in [6, 6.07) is 4.87. The van der Waals surface area contributed by atoms with Gasteiger partial charge in [-0.2, -0.15) is 0 Å². The van der Waals surface area contributed by atoms with Gasteiger partial charge in [0.2, 0.25) is 0 Å². The minimum absolute atomic E-state index is 0.0205. The van der Waals surface area contributed by atoms with Gasteiger partial charge in [-0.15, -0.1) is 0 Å². The van der Waals surface area contributed by atoms with E-state index < -0.39 is 5.41 Å². The Hall–Kier alpha value is -0.450. The topological polar surface area (TPSA) is 32.3 Å². The third-order valence-electron chi connectivity index (χ3n) is 3.05. The van der Waals surface area contributed by atoms with Gasteiger partial charge in [-0.3, -0.25) is 0 Å². The Balaban J connectivity index is 2.46. The van der Waals surface area contributed by atoms with E-state index in [1.165, 1.54) is 6.07 Å². The molecule has 0 amide bonds. The first kappa shape index (κ1) is 11.0. The van der Waals surface area contributed by atoms with Crippen LogP contribution in [0.5, 0.6) is 0 Å². The highest BCUT2D eigenvalue weighted by Gasteiger charge is 2.37. The van der Waals surface area contributed by atoms with Crippen LogP contribution < -0.4 is 5.32 Å². The standard InChI is InChI=1S/C11H13BrFNO/c12-8-1-2-10(13)9(5-8)11(7-15)3-4-14-6-11/h1-2,5,14-15H,3-4,6-7H2. The molecule has 2 rings (SSSR count). The van der Waals surface area contributed by atoms with Crippen LogP contribution in [0.3, 0.4) is 0 Å². The summed E-state index contributed by atoms with van der Waals surface area (Å²) in [7, 11) is 0. The Labute approximate surface area is 96.6 Å². The molecule has 0 saturated carbocycles. The molecule has 1 aliphatic rings. The predicted octanol–water partition coefficient (Wildman–Crippen LogP) is 1.81. The molecule has 1 aliphatic heterocycles. The summed E-state index contributed by atoms with van der Waals surface area (Å²) in [6.07, 6.45) is 0.775. The van der Waals surface area contributed by atoms with E-state index in [4.69, 9.17) is 0 Å². The fourth-order valence-electron chi connectivity index (χ4n) is 2.10. The zero-order chi connectivity index (χ0) is 10.9. The molecular formula is C11H13BrFNO. The third kappa shape index (κ3) is 1.94. The molecule has 15 heavy (non-hydrogen) atoms. The molecule has 0 spiro atoms. The van der Waals surface area contributed by atoms with Gasteiger partial charge in [0.25, 0.3) is 0 Å². The monoisotopic (exact) mass is 273 g/mol. The molecule has 1 unspecified atom stereocenters. The van der Waals surface area contributed by atoms with Crippen LogP contribution in [0.1, 0.15) is 12.0 Å². The Kier molecular flexibility index (Phi) is 3.09. The summed E-state index contributed by atoms with van der Waals surface area (Å²) in [5.41, 5.74) is 0.151. The number of benzene rings is 1. The molecule has 4 heteroatoms. The SMILES string of the molecule is OCC1(c2cc(Br)ccc2F)CCNC1. The van der Waals surface area contributed by atoms with Crippen molar-refractivity contribution in [1.82, 2.24) is 5.32 Å². The molecule has 1 heterocycles. The molecule has 1 atom stereocenters. The highest BCUT2D eigenvalue weighted by atomic mass is 79.9. The second-order valence-electron chi connectivity index (χ2n) is 3.99. The first-order chi connectivity index (χ1) is 7.18. The van der Waals surface area contributed by atoms with Gasteiger partial charge in [0.15, 0.2) is 0 Å². The van der Waals surface area contributed by atoms with Gasteiger partial charge < -0.3 is 10.4 Å². The fourth-order valence-corrected chi connectivity index (χ4v) is 2.46. The van der Waals surface area contributed by atoms with Gasteiger partial charge in [-0.1, -0.05) is 15.9 Å². The summed E-state index contributed by atoms with van der Waals surface area (Å²) < 4.78 is 14.5. The van der Waals surface area contributed by atoms with Crippen LogP contribution in [0.15, 0.2) is 22.7 Å². The third-order valence-corrected chi connectivity index (χ3v) is 3.54. The van der Waals surface area contributed by atoms with Crippen LogP contribution in [0.2, 0.25) is 0 Å². The largest absolute Gasteiger partial charge is 0.395 e. The zero-order valence-corrected chi connectivity index (χ0v) is 9.85. The van der Waals surface area contributed by atoms with Gasteiger partial charge in [0.05, 0.1) is 6.61 Å². The van der Waals surface area contributed by atoms with Gasteiger partial charge in [-0.25, -0.2) is 4.39 Å². The molecule has 2 nitrogen and oxygen atoms in total. The fraction of sp³-hybridized carbons (Fsp3) is 0.455. The maximum atomic E-state index is 13.7. The lowest BCUT2D eigenvalue weighted by Gasteiger charge is -2.26. The van der Waals surface area contributed by atoms with Crippen LogP contribution in [0.25, 0.3) is 0 Å². The average molecular weight is 274 g/mol. The van der Waals surface area contributed by atoms with Gasteiger partial charge in [0, 0.05) is 16.4 Å². The van der Waals surface area contributed by atoms with Crippen LogP contribution in [0, 0.1) is 5.82 Å². The molecule has 0 aliphatic carbocycles. The predicted molar refractivity (Wildman–Crippen MR) is 60.4 cm³/mol. The summed E-state index contributed by atoms with van der Waals surface area (Å²) in [5, 5.41) is 12.6. The Morgan fingerprint density at radius 3 is 2.93 bits per heavy atom. The maximum Gasteiger partial charge on any atom is 0.127 e. The van der Waals surface area contributed by atoms with E-state index >= 15 is 0 Å². The first-order valence-electron chi connectivity index (χ1n) is 4.95. The van der Waals surface area contributed by atoms with Crippen molar-refractivity contribution in [3.8, 4) is 0 Å². The van der Waals surface area contributed by atoms with E-state index in [1.54, 1.807) is 12.1 Å². The van der Waals surface area contributed by atoms with Crippen molar-refractivity contribution >= 4 is 15.9 Å². The number of halogens is 2. The van der Waals surface area contributed by atoms with Gasteiger partial charge >= 0.3 is 0 Å². The number of hydrogen-bond acceptors (Lipinski definition) is 2. The molecule has 0 radical (unpaired) electrons. The normalized spacial score (nSPS) is 25.8. The molecular weight excluding hydrogens is 261 g/mol. The number of rotatable bonds is 2. The van der Waals surface area contributed by atoms with E-state index in [0.29, 0.717) is 12.1 Å². The van der Waals surface area contributed by atoms with Crippen molar-refractivity contribution in [3.05, 3.63) is 34.1 Å². The summed E-state index contributed by atoms with van der Waals surface area (Å²) in [6.45, 7) is 1.44. The summed E-state index contributed by atoms with van der Waals surface area (Å²) in [4.78, 5) is 0. The molecule has 1 saturated heterocycles. The Morgan fingerprint density at radius 1 is 1.53 bits per heavy atom. The quantitative estimate of drug-likeness (QED) is 0.862. The molecule has 1 fully saturated rings. The van der Waals surface area contributed by atoms with E-state index in [9.17, 15) is 9.50 Å². The Morgan fingerprint density at radius 2 is 2.33 bits per heavy atom. The molecule has 2 N–H and O–H groups in total. The lowest BCUT2D eigenvalue weighted by atomic mass is 9.80. The molecule has 0 aromatic heterocycles. The van der Waals surface area contributed by atoms with Gasteiger partial charge in [0.1, 0.15) is 5.82 Å². The minimum atomic E-state index is -0.451. The van der Waals surface area contributed by atoms with E-state index in [2.05, 4.69) is 21.2 Å². The number of hydrogen-bond donors (Lipinski definition) is 2. The van der Waals surface area contributed by atoms with E-state index in [0.717, 1.165) is 17.4 Å². The first-order valence-corrected chi connectivity index (χ1v) is 5.74. The average Bonchev–Trinajstić information content (AvgIpc) is 2.71. The Bertz CT molecular complexity index is 364. The zero-order valence-electron chi connectivity index (χ0n) is 8.26. The van der Waals surface area contributed by atoms with Crippen LogP contribution in [0.4, 0.5) is 4.39 Å². The van der Waals surface area contributed by atoms with Gasteiger partial charge in [-0.05, 0) is 36.7 Å². The highest BCUT2D eigenvalue weighted by Crippen LogP contribution is 2.33. The van der Waals surface area contributed by atoms with Crippen molar-refractivity contribution in [2.75, 3.05) is 19.7 Å². The second kappa shape index (κ2) is 4.20. The van der Waals surface area contributed by atoms with Crippen LogP contribution in [-0.4, -0.2) is 24.8 Å². The van der Waals surface area contributed by atoms with E-state index in [1.807, 2.05) is 0 Å². The van der Waals surface area contributed by atoms with Crippen molar-refractivity contribution in [2.24, 2.45) is 0 Å². The highest BCUT2D eigenvalue weighted by molar-refractivity contribution is 9.10. The smallest absolute Gasteiger partial charge is 0.127 e. The van der Waals surface area contributed by atoms with Crippen molar-refractivity contribution in [1.29, 1.82) is 0 Å². The number of aliphatic hydroxyl groups is 1. The van der Waals surface area contributed by atoms with Crippen LogP contribution in [-0.2, 0) is 5.41 Å². The number of nitrogens with one attached hydrogen (secondary N) is 1. The summed E-state index contributed by atoms with van der Waals surface area (Å²) >= 11 is 3.33. The maximum absolute atomic E-state index is 13.7.